The summed E-state index contributed by atoms with van der Waals surface area (Å²) in [7, 11) is 0. The van der Waals surface area contributed by atoms with Gasteiger partial charge in [-0.2, -0.15) is 30.7 Å². The predicted molar refractivity (Wildman–Crippen MR) is 37.2 cm³/mol. The van der Waals surface area contributed by atoms with E-state index >= 15 is 0 Å². The number of ether oxygens (including phenoxy) is 2. The number of aliphatic hydroxyl groups excluding tert-OH is 1. The van der Waals surface area contributed by atoms with Crippen LogP contribution in [0.15, 0.2) is 0 Å². The summed E-state index contributed by atoms with van der Waals surface area (Å²) >= 11 is 0. The predicted octanol–water partition coefficient (Wildman–Crippen LogP) is 2.60. The summed E-state index contributed by atoms with van der Waals surface area (Å²) in [6, 6.07) is 0. The van der Waals surface area contributed by atoms with Crippen LogP contribution in [0.25, 0.3) is 0 Å². The van der Waals surface area contributed by atoms with Crippen LogP contribution in [-0.4, -0.2) is 43.8 Å². The van der Waals surface area contributed by atoms with Gasteiger partial charge in [0.1, 0.15) is 0 Å². The van der Waals surface area contributed by atoms with Crippen molar-refractivity contribution >= 4 is 0 Å². The molecule has 0 bridgehead atoms. The Morgan fingerprint density at radius 1 is 0.833 bits per heavy atom. The molecule has 0 aromatic heterocycles. The Morgan fingerprint density at radius 3 is 1.50 bits per heavy atom. The fourth-order valence-corrected chi connectivity index (χ4v) is 0.310. The third-order valence-electron chi connectivity index (χ3n) is 0.996. The zero-order chi connectivity index (χ0) is 15.0. The molecule has 112 valence electrons. The standard InChI is InChI=1S/C5H4F8O2.CH3FO/c6-1-3(7,8)14-2-15-5(12,13)4(9,10)11;2-1-3/h1-2H2;3H,1H2. The molecule has 0 unspecified atom stereocenters. The van der Waals surface area contributed by atoms with Crippen molar-refractivity contribution in [1.29, 1.82) is 0 Å². The highest BCUT2D eigenvalue weighted by Crippen LogP contribution is 2.36. The van der Waals surface area contributed by atoms with Gasteiger partial charge in [-0.15, -0.1) is 0 Å². The second-order valence-corrected chi connectivity index (χ2v) is 2.31. The van der Waals surface area contributed by atoms with Gasteiger partial charge in [0.2, 0.25) is 0 Å². The van der Waals surface area contributed by atoms with E-state index in [9.17, 15) is 39.5 Å². The molecule has 0 aromatic carbocycles. The largest absolute Gasteiger partial charge is 0.483 e. The second kappa shape index (κ2) is 7.63. The first-order valence-corrected chi connectivity index (χ1v) is 3.76. The molecule has 12 heteroatoms. The molecule has 0 radical (unpaired) electrons. The van der Waals surface area contributed by atoms with Crippen LogP contribution in [-0.2, 0) is 9.47 Å². The van der Waals surface area contributed by atoms with E-state index in [4.69, 9.17) is 5.11 Å². The van der Waals surface area contributed by atoms with Crippen molar-refractivity contribution in [2.45, 2.75) is 18.4 Å². The van der Waals surface area contributed by atoms with Crippen molar-refractivity contribution in [3.8, 4) is 0 Å². The lowest BCUT2D eigenvalue weighted by Crippen LogP contribution is -2.40. The number of halogens is 9. The first-order valence-electron chi connectivity index (χ1n) is 3.76. The average Bonchev–Trinajstić information content (AvgIpc) is 2.16. The molecule has 0 amide bonds. The molecule has 0 atom stereocenters. The highest BCUT2D eigenvalue weighted by Gasteiger charge is 2.59. The number of aliphatic hydroxyl groups is 1. The Labute approximate surface area is 94.1 Å². The molecule has 18 heavy (non-hydrogen) atoms. The molecule has 0 fully saturated rings. The van der Waals surface area contributed by atoms with Crippen LogP contribution in [0.1, 0.15) is 0 Å². The number of rotatable bonds is 5. The SMILES string of the molecule is FCC(F)(F)OCOC(F)(F)C(F)(F)F.OCF. The van der Waals surface area contributed by atoms with Crippen molar-refractivity contribution in [3.63, 3.8) is 0 Å². The van der Waals surface area contributed by atoms with E-state index in [-0.39, 0.29) is 0 Å². The van der Waals surface area contributed by atoms with Crippen molar-refractivity contribution in [2.75, 3.05) is 20.3 Å². The topological polar surface area (TPSA) is 38.7 Å². The normalized spacial score (nSPS) is 13.0. The second-order valence-electron chi connectivity index (χ2n) is 2.31. The van der Waals surface area contributed by atoms with Gasteiger partial charge in [-0.05, 0) is 0 Å². The van der Waals surface area contributed by atoms with Gasteiger partial charge in [0.25, 0.3) is 0 Å². The monoisotopic (exact) mass is 298 g/mol. The van der Waals surface area contributed by atoms with E-state index < -0.39 is 38.7 Å². The Morgan fingerprint density at radius 2 is 1.22 bits per heavy atom. The van der Waals surface area contributed by atoms with Crippen molar-refractivity contribution in [1.82, 2.24) is 0 Å². The Kier molecular flexibility index (Phi) is 8.31. The first-order chi connectivity index (χ1) is 7.93. The third-order valence-corrected chi connectivity index (χ3v) is 0.996. The van der Waals surface area contributed by atoms with E-state index in [2.05, 4.69) is 9.47 Å². The van der Waals surface area contributed by atoms with Gasteiger partial charge in [-0.1, -0.05) is 0 Å². The summed E-state index contributed by atoms with van der Waals surface area (Å²) in [6.07, 6.45) is -16.1. The highest BCUT2D eigenvalue weighted by molar-refractivity contribution is 4.63. The molecule has 0 saturated carbocycles. The molecule has 0 aromatic rings. The summed E-state index contributed by atoms with van der Waals surface area (Å²) < 4.78 is 108. The van der Waals surface area contributed by atoms with Crippen LogP contribution in [0.5, 0.6) is 0 Å². The van der Waals surface area contributed by atoms with E-state index in [0.29, 0.717) is 0 Å². The van der Waals surface area contributed by atoms with Crippen LogP contribution in [0.4, 0.5) is 39.5 Å². The minimum absolute atomic E-state index is 1.25. The fourth-order valence-electron chi connectivity index (χ4n) is 0.310. The maximum Gasteiger partial charge on any atom is 0.483 e. The summed E-state index contributed by atoms with van der Waals surface area (Å²) in [5.41, 5.74) is 0. The molecule has 0 rings (SSSR count). The third kappa shape index (κ3) is 8.36. The Hall–Kier alpha value is -0.750. The molecule has 0 heterocycles. The number of hydrogen-bond donors (Lipinski definition) is 1. The lowest BCUT2D eigenvalue weighted by molar-refractivity contribution is -0.420. The van der Waals surface area contributed by atoms with E-state index in [1.54, 1.807) is 0 Å². The lowest BCUT2D eigenvalue weighted by Gasteiger charge is -2.20. The van der Waals surface area contributed by atoms with E-state index in [1.807, 2.05) is 0 Å². The van der Waals surface area contributed by atoms with E-state index in [0.717, 1.165) is 0 Å². The molecule has 0 aliphatic carbocycles. The average molecular weight is 298 g/mol. The number of alkyl halides is 9. The van der Waals surface area contributed by atoms with Crippen LogP contribution >= 0.6 is 0 Å². The highest BCUT2D eigenvalue weighted by atomic mass is 19.4. The smallest absolute Gasteiger partial charge is 0.366 e. The lowest BCUT2D eigenvalue weighted by atomic mass is 10.6. The van der Waals surface area contributed by atoms with Gasteiger partial charge in [0.05, 0.1) is 0 Å². The van der Waals surface area contributed by atoms with Crippen LogP contribution < -0.4 is 0 Å². The van der Waals surface area contributed by atoms with Gasteiger partial charge in [-0.25, -0.2) is 8.78 Å². The maximum absolute atomic E-state index is 11.8. The van der Waals surface area contributed by atoms with Crippen molar-refractivity contribution in [2.24, 2.45) is 0 Å². The quantitative estimate of drug-likeness (QED) is 0.626. The van der Waals surface area contributed by atoms with Gasteiger partial charge in [-0.3, -0.25) is 9.47 Å². The summed E-state index contributed by atoms with van der Waals surface area (Å²) in [5.74, 6) is 0. The van der Waals surface area contributed by atoms with Crippen molar-refractivity contribution < 1.29 is 54.1 Å². The minimum atomic E-state index is -6.05. The molecular weight excluding hydrogens is 291 g/mol. The Balaban J connectivity index is 0. The van der Waals surface area contributed by atoms with Gasteiger partial charge in [0, 0.05) is 0 Å². The zero-order valence-electron chi connectivity index (χ0n) is 8.29. The summed E-state index contributed by atoms with van der Waals surface area (Å²) in [5, 5.41) is 6.90. The zero-order valence-corrected chi connectivity index (χ0v) is 8.29. The molecule has 0 saturated heterocycles. The van der Waals surface area contributed by atoms with Crippen LogP contribution in [0.2, 0.25) is 0 Å². The number of hydrogen-bond acceptors (Lipinski definition) is 3. The fraction of sp³-hybridized carbons (Fsp3) is 1.00. The molecule has 0 aliphatic rings. The summed E-state index contributed by atoms with van der Waals surface area (Å²) in [4.78, 5) is 0. The molecule has 3 nitrogen and oxygen atoms in total. The van der Waals surface area contributed by atoms with Gasteiger partial charge >= 0.3 is 18.4 Å². The van der Waals surface area contributed by atoms with Gasteiger partial charge in [0.15, 0.2) is 20.3 Å². The summed E-state index contributed by atoms with van der Waals surface area (Å²) in [6.45, 7) is -5.71. The molecule has 0 aliphatic heterocycles. The molecular formula is C6H7F9O3. The van der Waals surface area contributed by atoms with Crippen molar-refractivity contribution in [3.05, 3.63) is 0 Å². The molecule has 0 spiro atoms. The maximum atomic E-state index is 11.8. The Bertz CT molecular complexity index is 217. The van der Waals surface area contributed by atoms with Crippen LogP contribution in [0.3, 0.4) is 0 Å². The minimum Gasteiger partial charge on any atom is -0.366 e. The molecule has 1 N–H and O–H groups in total. The van der Waals surface area contributed by atoms with E-state index in [1.165, 1.54) is 0 Å². The van der Waals surface area contributed by atoms with Crippen LogP contribution in [0, 0.1) is 0 Å². The first kappa shape index (κ1) is 19.6. The van der Waals surface area contributed by atoms with Gasteiger partial charge < -0.3 is 5.11 Å².